The topological polar surface area (TPSA) is 109 Å². The summed E-state index contributed by atoms with van der Waals surface area (Å²) in [5.41, 5.74) is 3.69. The van der Waals surface area contributed by atoms with Crippen molar-refractivity contribution in [3.05, 3.63) is 70.1 Å². The van der Waals surface area contributed by atoms with Crippen LogP contribution < -0.4 is 15.7 Å². The van der Waals surface area contributed by atoms with Crippen LogP contribution in [0.2, 0.25) is 0 Å². The van der Waals surface area contributed by atoms with Crippen LogP contribution in [0.1, 0.15) is 23.0 Å². The number of aromatic nitrogens is 2. The SMILES string of the molecule is C/C(=N/NC(=O)c1nn(C)c(=O)c2ccccc12)c1ccc(OCC#N)cc1. The number of carbonyl (C=O) groups is 1. The molecular formula is C20H17N5O3. The maximum Gasteiger partial charge on any atom is 0.292 e. The fourth-order valence-electron chi connectivity index (χ4n) is 2.63. The first-order chi connectivity index (χ1) is 13.5. The molecule has 0 saturated carbocycles. The summed E-state index contributed by atoms with van der Waals surface area (Å²) in [6.07, 6.45) is 0. The quantitative estimate of drug-likeness (QED) is 0.542. The summed E-state index contributed by atoms with van der Waals surface area (Å²) in [6.45, 7) is 1.72. The van der Waals surface area contributed by atoms with Crippen LogP contribution in [0.4, 0.5) is 0 Å². The highest BCUT2D eigenvalue weighted by Gasteiger charge is 2.15. The maximum absolute atomic E-state index is 12.6. The van der Waals surface area contributed by atoms with Crippen LogP contribution in [0.5, 0.6) is 5.75 Å². The summed E-state index contributed by atoms with van der Waals surface area (Å²) in [5, 5.41) is 17.6. The lowest BCUT2D eigenvalue weighted by Gasteiger charge is -2.08. The fourth-order valence-corrected chi connectivity index (χ4v) is 2.63. The number of fused-ring (bicyclic) bond motifs is 1. The van der Waals surface area contributed by atoms with E-state index < -0.39 is 5.91 Å². The zero-order valence-electron chi connectivity index (χ0n) is 15.3. The van der Waals surface area contributed by atoms with Crippen LogP contribution in [-0.2, 0) is 7.05 Å². The molecule has 2 aromatic carbocycles. The molecule has 0 radical (unpaired) electrons. The molecule has 1 heterocycles. The van der Waals surface area contributed by atoms with E-state index in [4.69, 9.17) is 10.00 Å². The summed E-state index contributed by atoms with van der Waals surface area (Å²) in [5.74, 6) is 0.0585. The molecule has 0 bridgehead atoms. The molecule has 0 unspecified atom stereocenters. The van der Waals surface area contributed by atoms with E-state index in [0.29, 0.717) is 22.2 Å². The van der Waals surface area contributed by atoms with Crippen molar-refractivity contribution in [1.29, 1.82) is 5.26 Å². The van der Waals surface area contributed by atoms with Gasteiger partial charge in [-0.3, -0.25) is 9.59 Å². The third-order valence-electron chi connectivity index (χ3n) is 4.07. The number of nitrogens with zero attached hydrogens (tertiary/aromatic N) is 4. The Balaban J connectivity index is 1.82. The molecule has 0 aliphatic carbocycles. The van der Waals surface area contributed by atoms with E-state index in [-0.39, 0.29) is 17.9 Å². The van der Waals surface area contributed by atoms with Crippen molar-refractivity contribution in [2.75, 3.05) is 6.61 Å². The Hall–Kier alpha value is -3.99. The Morgan fingerprint density at radius 3 is 2.57 bits per heavy atom. The molecular weight excluding hydrogens is 358 g/mol. The van der Waals surface area contributed by atoms with Crippen LogP contribution >= 0.6 is 0 Å². The number of hydrogen-bond acceptors (Lipinski definition) is 6. The molecule has 0 aliphatic rings. The van der Waals surface area contributed by atoms with Gasteiger partial charge in [0.25, 0.3) is 11.5 Å². The van der Waals surface area contributed by atoms with E-state index in [0.717, 1.165) is 10.2 Å². The van der Waals surface area contributed by atoms with Gasteiger partial charge in [0.1, 0.15) is 11.8 Å². The van der Waals surface area contributed by atoms with Crippen LogP contribution in [0.3, 0.4) is 0 Å². The molecule has 8 nitrogen and oxygen atoms in total. The van der Waals surface area contributed by atoms with Gasteiger partial charge in [0.2, 0.25) is 0 Å². The van der Waals surface area contributed by atoms with Crippen LogP contribution in [-0.4, -0.2) is 28.0 Å². The summed E-state index contributed by atoms with van der Waals surface area (Å²) >= 11 is 0. The number of nitrogens with one attached hydrogen (secondary N) is 1. The minimum Gasteiger partial charge on any atom is -0.479 e. The molecule has 1 aromatic heterocycles. The van der Waals surface area contributed by atoms with Gasteiger partial charge in [-0.2, -0.15) is 15.5 Å². The normalized spacial score (nSPS) is 11.1. The number of amides is 1. The van der Waals surface area contributed by atoms with E-state index in [1.54, 1.807) is 55.5 Å². The number of hydrazone groups is 1. The Morgan fingerprint density at radius 2 is 1.89 bits per heavy atom. The van der Waals surface area contributed by atoms with Gasteiger partial charge in [-0.25, -0.2) is 10.1 Å². The molecule has 0 saturated heterocycles. The average molecular weight is 375 g/mol. The molecule has 0 spiro atoms. The minimum atomic E-state index is -0.514. The first kappa shape index (κ1) is 18.8. The lowest BCUT2D eigenvalue weighted by molar-refractivity contribution is 0.0949. The van der Waals surface area contributed by atoms with Gasteiger partial charge in [0.05, 0.1) is 11.1 Å². The molecule has 3 rings (SSSR count). The Kier molecular flexibility index (Phi) is 5.46. The lowest BCUT2D eigenvalue weighted by Crippen LogP contribution is -2.27. The Bertz CT molecular complexity index is 1160. The minimum absolute atomic E-state index is 0.0248. The van der Waals surface area contributed by atoms with Gasteiger partial charge in [0.15, 0.2) is 12.3 Å². The van der Waals surface area contributed by atoms with Gasteiger partial charge < -0.3 is 4.74 Å². The molecule has 1 amide bonds. The molecule has 3 aromatic rings. The van der Waals surface area contributed by atoms with E-state index in [2.05, 4.69) is 15.6 Å². The fraction of sp³-hybridized carbons (Fsp3) is 0.150. The van der Waals surface area contributed by atoms with Gasteiger partial charge in [-0.1, -0.05) is 18.2 Å². The first-order valence-corrected chi connectivity index (χ1v) is 8.42. The van der Waals surface area contributed by atoms with Crippen LogP contribution in [0.15, 0.2) is 58.4 Å². The Labute approximate surface area is 160 Å². The average Bonchev–Trinajstić information content (AvgIpc) is 2.73. The van der Waals surface area contributed by atoms with E-state index in [9.17, 15) is 9.59 Å². The van der Waals surface area contributed by atoms with Gasteiger partial charge in [-0.05, 0) is 42.8 Å². The number of hydrogen-bond donors (Lipinski definition) is 1. The summed E-state index contributed by atoms with van der Waals surface area (Å²) < 4.78 is 6.33. The highest BCUT2D eigenvalue weighted by atomic mass is 16.5. The molecule has 1 N–H and O–H groups in total. The first-order valence-electron chi connectivity index (χ1n) is 8.42. The second-order valence-electron chi connectivity index (χ2n) is 5.93. The number of benzene rings is 2. The second-order valence-corrected chi connectivity index (χ2v) is 5.93. The van der Waals surface area contributed by atoms with Crippen molar-refractivity contribution in [2.24, 2.45) is 12.1 Å². The number of carbonyl (C=O) groups excluding carboxylic acids is 1. The van der Waals surface area contributed by atoms with Crippen molar-refractivity contribution in [2.45, 2.75) is 6.92 Å². The third kappa shape index (κ3) is 3.88. The van der Waals surface area contributed by atoms with Crippen molar-refractivity contribution >= 4 is 22.4 Å². The van der Waals surface area contributed by atoms with Gasteiger partial charge in [0, 0.05) is 12.4 Å². The largest absolute Gasteiger partial charge is 0.479 e. The van der Waals surface area contributed by atoms with E-state index in [1.807, 2.05) is 6.07 Å². The van der Waals surface area contributed by atoms with Crippen LogP contribution in [0, 0.1) is 11.3 Å². The summed E-state index contributed by atoms with van der Waals surface area (Å²) in [4.78, 5) is 24.7. The molecule has 8 heteroatoms. The molecule has 0 aliphatic heterocycles. The summed E-state index contributed by atoms with van der Waals surface area (Å²) in [6, 6.07) is 15.7. The zero-order valence-corrected chi connectivity index (χ0v) is 15.3. The lowest BCUT2D eigenvalue weighted by atomic mass is 10.1. The predicted molar refractivity (Wildman–Crippen MR) is 104 cm³/mol. The highest BCUT2D eigenvalue weighted by molar-refractivity contribution is 6.06. The molecule has 0 atom stereocenters. The van der Waals surface area contributed by atoms with E-state index >= 15 is 0 Å². The molecule has 140 valence electrons. The molecule has 0 fully saturated rings. The Morgan fingerprint density at radius 1 is 1.21 bits per heavy atom. The van der Waals surface area contributed by atoms with Crippen LogP contribution in [0.25, 0.3) is 10.8 Å². The van der Waals surface area contributed by atoms with Crippen molar-refractivity contribution in [3.8, 4) is 11.8 Å². The smallest absolute Gasteiger partial charge is 0.292 e. The maximum atomic E-state index is 12.6. The molecule has 28 heavy (non-hydrogen) atoms. The second kappa shape index (κ2) is 8.14. The zero-order chi connectivity index (χ0) is 20.1. The third-order valence-corrected chi connectivity index (χ3v) is 4.07. The summed E-state index contributed by atoms with van der Waals surface area (Å²) in [7, 11) is 1.50. The number of ether oxygens (including phenoxy) is 1. The van der Waals surface area contributed by atoms with Crippen molar-refractivity contribution < 1.29 is 9.53 Å². The monoisotopic (exact) mass is 375 g/mol. The number of aryl methyl sites for hydroxylation is 1. The highest BCUT2D eigenvalue weighted by Crippen LogP contribution is 2.14. The number of rotatable bonds is 5. The van der Waals surface area contributed by atoms with Crippen molar-refractivity contribution in [1.82, 2.24) is 15.2 Å². The van der Waals surface area contributed by atoms with Gasteiger partial charge >= 0.3 is 0 Å². The standard InChI is InChI=1S/C20H17N5O3/c1-13(14-7-9-15(10-8-14)28-12-11-21)22-23-19(26)18-16-5-3-4-6-17(16)20(27)25(2)24-18/h3-10H,12H2,1-2H3,(H,23,26)/b22-13-. The van der Waals surface area contributed by atoms with Gasteiger partial charge in [-0.15, -0.1) is 0 Å². The number of nitriles is 1. The van der Waals surface area contributed by atoms with Crippen molar-refractivity contribution in [3.63, 3.8) is 0 Å². The van der Waals surface area contributed by atoms with E-state index in [1.165, 1.54) is 7.05 Å². The predicted octanol–water partition coefficient (Wildman–Crippen LogP) is 1.99.